The van der Waals surface area contributed by atoms with E-state index in [1.807, 2.05) is 18.2 Å². The van der Waals surface area contributed by atoms with Crippen molar-refractivity contribution >= 4 is 11.6 Å². The summed E-state index contributed by atoms with van der Waals surface area (Å²) in [6, 6.07) is 23.0. The zero-order valence-electron chi connectivity index (χ0n) is 17.1. The summed E-state index contributed by atoms with van der Waals surface area (Å²) >= 11 is 0. The van der Waals surface area contributed by atoms with Crippen LogP contribution in [0.25, 0.3) is 11.4 Å². The molecular weight excluding hydrogens is 358 g/mol. The van der Waals surface area contributed by atoms with Crippen molar-refractivity contribution in [3.63, 3.8) is 0 Å². The predicted octanol–water partition coefficient (Wildman–Crippen LogP) is 4.29. The zero-order chi connectivity index (χ0) is 19.9. The molecule has 5 heteroatoms. The van der Waals surface area contributed by atoms with E-state index in [0.29, 0.717) is 0 Å². The third-order valence-electron chi connectivity index (χ3n) is 5.25. The molecule has 150 valence electrons. The molecule has 4 rings (SSSR count). The second kappa shape index (κ2) is 9.52. The van der Waals surface area contributed by atoms with Gasteiger partial charge in [0.25, 0.3) is 0 Å². The van der Waals surface area contributed by atoms with Crippen LogP contribution in [0, 0.1) is 0 Å². The van der Waals surface area contributed by atoms with Gasteiger partial charge in [-0.05, 0) is 12.0 Å². The lowest BCUT2D eigenvalue weighted by Gasteiger charge is -2.35. The lowest BCUT2D eigenvalue weighted by Crippen LogP contribution is -2.46. The molecule has 1 fully saturated rings. The van der Waals surface area contributed by atoms with Crippen molar-refractivity contribution < 1.29 is 0 Å². The lowest BCUT2D eigenvalue weighted by atomic mass is 10.2. The van der Waals surface area contributed by atoms with Crippen molar-refractivity contribution in [3.05, 3.63) is 72.3 Å². The molecule has 0 unspecified atom stereocenters. The summed E-state index contributed by atoms with van der Waals surface area (Å²) in [4.78, 5) is 14.5. The summed E-state index contributed by atoms with van der Waals surface area (Å²) in [6.45, 7) is 8.12. The van der Waals surface area contributed by atoms with Crippen molar-refractivity contribution in [1.82, 2.24) is 14.9 Å². The molecule has 0 bridgehead atoms. The molecule has 0 atom stereocenters. The first-order valence-corrected chi connectivity index (χ1v) is 10.5. The molecule has 3 aromatic rings. The minimum atomic E-state index is 0.786. The minimum absolute atomic E-state index is 0.786. The smallest absolute Gasteiger partial charge is 0.163 e. The molecule has 5 nitrogen and oxygen atoms in total. The maximum Gasteiger partial charge on any atom is 0.163 e. The maximum absolute atomic E-state index is 4.90. The summed E-state index contributed by atoms with van der Waals surface area (Å²) in [5, 5.41) is 3.44. The molecule has 0 aliphatic carbocycles. The van der Waals surface area contributed by atoms with Crippen LogP contribution >= 0.6 is 0 Å². The SMILES string of the molecule is CCCNc1cc(N2CCN(Cc3ccccc3)CC2)nc(-c2ccccc2)n1. The monoisotopic (exact) mass is 387 g/mol. The van der Waals surface area contributed by atoms with Gasteiger partial charge >= 0.3 is 0 Å². The molecule has 0 amide bonds. The van der Waals surface area contributed by atoms with Crippen LogP contribution in [-0.4, -0.2) is 47.6 Å². The molecule has 2 aromatic carbocycles. The van der Waals surface area contributed by atoms with Crippen LogP contribution in [0.15, 0.2) is 66.7 Å². The van der Waals surface area contributed by atoms with E-state index >= 15 is 0 Å². The van der Waals surface area contributed by atoms with Gasteiger partial charge in [-0.1, -0.05) is 67.6 Å². The second-order valence-corrected chi connectivity index (χ2v) is 7.48. The van der Waals surface area contributed by atoms with Crippen LogP contribution in [0.1, 0.15) is 18.9 Å². The first kappa shape index (κ1) is 19.4. The molecule has 1 aliphatic heterocycles. The minimum Gasteiger partial charge on any atom is -0.370 e. The highest BCUT2D eigenvalue weighted by molar-refractivity contribution is 5.61. The Balaban J connectivity index is 1.49. The second-order valence-electron chi connectivity index (χ2n) is 7.48. The highest BCUT2D eigenvalue weighted by atomic mass is 15.3. The third kappa shape index (κ3) is 5.12. The largest absolute Gasteiger partial charge is 0.370 e. The Kier molecular flexibility index (Phi) is 6.37. The van der Waals surface area contributed by atoms with Crippen LogP contribution in [0.2, 0.25) is 0 Å². The van der Waals surface area contributed by atoms with E-state index in [1.54, 1.807) is 0 Å². The standard InChI is InChI=1S/C24H29N5/c1-2-13-25-22-18-23(27-24(26-22)21-11-7-4-8-12-21)29-16-14-28(15-17-29)19-20-9-5-3-6-10-20/h3-12,18H,2,13-17,19H2,1H3,(H,25,26,27). The number of hydrogen-bond donors (Lipinski definition) is 1. The number of piperazine rings is 1. The fourth-order valence-electron chi connectivity index (χ4n) is 3.63. The van der Waals surface area contributed by atoms with Crippen molar-refractivity contribution in [2.75, 3.05) is 42.9 Å². The van der Waals surface area contributed by atoms with E-state index in [-0.39, 0.29) is 0 Å². The Morgan fingerprint density at radius 3 is 2.24 bits per heavy atom. The van der Waals surface area contributed by atoms with Gasteiger partial charge in [0.05, 0.1) is 0 Å². The average molecular weight is 388 g/mol. The fourth-order valence-corrected chi connectivity index (χ4v) is 3.63. The Labute approximate surface area is 173 Å². The topological polar surface area (TPSA) is 44.3 Å². The van der Waals surface area contributed by atoms with Gasteiger partial charge < -0.3 is 10.2 Å². The summed E-state index contributed by atoms with van der Waals surface area (Å²) in [6.07, 6.45) is 1.07. The van der Waals surface area contributed by atoms with E-state index in [9.17, 15) is 0 Å². The Bertz CT molecular complexity index is 890. The molecule has 1 N–H and O–H groups in total. The first-order chi connectivity index (χ1) is 14.3. The van der Waals surface area contributed by atoms with Gasteiger partial charge in [0, 0.05) is 50.9 Å². The van der Waals surface area contributed by atoms with Gasteiger partial charge in [-0.3, -0.25) is 4.90 Å². The summed E-state index contributed by atoms with van der Waals surface area (Å²) in [7, 11) is 0. The summed E-state index contributed by atoms with van der Waals surface area (Å²) < 4.78 is 0. The Morgan fingerprint density at radius 2 is 1.55 bits per heavy atom. The molecule has 0 spiro atoms. The highest BCUT2D eigenvalue weighted by Gasteiger charge is 2.19. The lowest BCUT2D eigenvalue weighted by molar-refractivity contribution is 0.249. The van der Waals surface area contributed by atoms with E-state index in [2.05, 4.69) is 70.6 Å². The normalized spacial score (nSPS) is 14.7. The third-order valence-corrected chi connectivity index (χ3v) is 5.25. The molecule has 1 aromatic heterocycles. The number of nitrogens with zero attached hydrogens (tertiary/aromatic N) is 4. The van der Waals surface area contributed by atoms with E-state index in [4.69, 9.17) is 9.97 Å². The Hall–Kier alpha value is -2.92. The number of nitrogens with one attached hydrogen (secondary N) is 1. The molecular formula is C24H29N5. The van der Waals surface area contributed by atoms with Gasteiger partial charge in [-0.15, -0.1) is 0 Å². The van der Waals surface area contributed by atoms with Crippen molar-refractivity contribution in [2.24, 2.45) is 0 Å². The van der Waals surface area contributed by atoms with Crippen molar-refractivity contribution in [3.8, 4) is 11.4 Å². The number of anilines is 2. The number of rotatable bonds is 7. The summed E-state index contributed by atoms with van der Waals surface area (Å²) in [5.41, 5.74) is 2.43. The number of hydrogen-bond acceptors (Lipinski definition) is 5. The first-order valence-electron chi connectivity index (χ1n) is 10.5. The van der Waals surface area contributed by atoms with Crippen LogP contribution in [0.3, 0.4) is 0 Å². The van der Waals surface area contributed by atoms with Crippen molar-refractivity contribution in [2.45, 2.75) is 19.9 Å². The molecule has 0 radical (unpaired) electrons. The Morgan fingerprint density at radius 1 is 0.862 bits per heavy atom. The molecule has 0 saturated carbocycles. The number of aromatic nitrogens is 2. The van der Waals surface area contributed by atoms with Gasteiger partial charge in [-0.2, -0.15) is 0 Å². The maximum atomic E-state index is 4.90. The number of benzene rings is 2. The fraction of sp³-hybridized carbons (Fsp3) is 0.333. The quantitative estimate of drug-likeness (QED) is 0.655. The molecule has 2 heterocycles. The van der Waals surface area contributed by atoms with E-state index in [1.165, 1.54) is 5.56 Å². The van der Waals surface area contributed by atoms with Crippen LogP contribution < -0.4 is 10.2 Å². The van der Waals surface area contributed by atoms with Crippen molar-refractivity contribution in [1.29, 1.82) is 0 Å². The zero-order valence-corrected chi connectivity index (χ0v) is 17.1. The van der Waals surface area contributed by atoms with Gasteiger partial charge in [0.15, 0.2) is 5.82 Å². The molecule has 1 saturated heterocycles. The molecule has 29 heavy (non-hydrogen) atoms. The predicted molar refractivity (Wildman–Crippen MR) is 120 cm³/mol. The van der Waals surface area contributed by atoms with Gasteiger partial charge in [0.2, 0.25) is 0 Å². The summed E-state index contributed by atoms with van der Waals surface area (Å²) in [5.74, 6) is 2.70. The van der Waals surface area contributed by atoms with Crippen LogP contribution in [0.5, 0.6) is 0 Å². The highest BCUT2D eigenvalue weighted by Crippen LogP contribution is 2.23. The molecule has 1 aliphatic rings. The van der Waals surface area contributed by atoms with Crippen LogP contribution in [0.4, 0.5) is 11.6 Å². The van der Waals surface area contributed by atoms with Crippen LogP contribution in [-0.2, 0) is 6.54 Å². The van der Waals surface area contributed by atoms with E-state index < -0.39 is 0 Å². The average Bonchev–Trinajstić information content (AvgIpc) is 2.79. The van der Waals surface area contributed by atoms with Gasteiger partial charge in [-0.25, -0.2) is 9.97 Å². The van der Waals surface area contributed by atoms with E-state index in [0.717, 1.165) is 68.7 Å². The van der Waals surface area contributed by atoms with Gasteiger partial charge in [0.1, 0.15) is 11.6 Å².